The molecule has 102 valence electrons. The van der Waals surface area contributed by atoms with Gasteiger partial charge < -0.3 is 0 Å². The standard InChI is InChI=1S/C12H15N3O2S2/c1-8-12(7-13-14-8)19(16,17)15-5-3-11-10(9(15)2)4-6-18-11/h4,6-7,9H,3,5H2,1-2H3,(H,13,14). The summed E-state index contributed by atoms with van der Waals surface area (Å²) in [5.41, 5.74) is 1.71. The molecule has 0 bridgehead atoms. The Labute approximate surface area is 116 Å². The van der Waals surface area contributed by atoms with Crippen molar-refractivity contribution < 1.29 is 8.42 Å². The van der Waals surface area contributed by atoms with Crippen molar-refractivity contribution >= 4 is 21.4 Å². The molecule has 1 unspecified atom stereocenters. The van der Waals surface area contributed by atoms with E-state index in [1.165, 1.54) is 11.1 Å². The van der Waals surface area contributed by atoms with Gasteiger partial charge >= 0.3 is 0 Å². The first-order chi connectivity index (χ1) is 9.01. The van der Waals surface area contributed by atoms with E-state index in [1.54, 1.807) is 22.6 Å². The molecule has 0 fully saturated rings. The summed E-state index contributed by atoms with van der Waals surface area (Å²) in [7, 11) is -3.47. The van der Waals surface area contributed by atoms with Gasteiger partial charge in [0.15, 0.2) is 0 Å². The Morgan fingerprint density at radius 2 is 2.32 bits per heavy atom. The lowest BCUT2D eigenvalue weighted by atomic mass is 10.0. The van der Waals surface area contributed by atoms with Crippen LogP contribution in [0.4, 0.5) is 0 Å². The molecule has 1 aliphatic heterocycles. The molecular formula is C12H15N3O2S2. The molecule has 0 spiro atoms. The van der Waals surface area contributed by atoms with Crippen molar-refractivity contribution in [3.63, 3.8) is 0 Å². The zero-order valence-electron chi connectivity index (χ0n) is 10.8. The fraction of sp³-hybridized carbons (Fsp3) is 0.417. The molecule has 5 nitrogen and oxygen atoms in total. The molecule has 3 rings (SSSR count). The van der Waals surface area contributed by atoms with Gasteiger partial charge in [0.05, 0.1) is 11.9 Å². The normalized spacial score (nSPS) is 20.4. The predicted octanol–water partition coefficient (Wildman–Crippen LogP) is 2.09. The van der Waals surface area contributed by atoms with Gasteiger partial charge in [-0.25, -0.2) is 8.42 Å². The van der Waals surface area contributed by atoms with Crippen LogP contribution in [0.3, 0.4) is 0 Å². The Bertz CT molecular complexity index is 702. The number of hydrogen-bond acceptors (Lipinski definition) is 4. The topological polar surface area (TPSA) is 66.1 Å². The zero-order chi connectivity index (χ0) is 13.6. The second-order valence-corrected chi connectivity index (χ2v) is 7.56. The molecule has 7 heteroatoms. The molecule has 1 aliphatic rings. The van der Waals surface area contributed by atoms with Crippen molar-refractivity contribution in [1.82, 2.24) is 14.5 Å². The monoisotopic (exact) mass is 297 g/mol. The number of hydrogen-bond donors (Lipinski definition) is 1. The molecule has 2 aromatic heterocycles. The number of H-pyrrole nitrogens is 1. The van der Waals surface area contributed by atoms with Crippen molar-refractivity contribution in [2.75, 3.05) is 6.54 Å². The van der Waals surface area contributed by atoms with Gasteiger partial charge in [-0.2, -0.15) is 9.40 Å². The number of thiophene rings is 1. The van der Waals surface area contributed by atoms with E-state index in [-0.39, 0.29) is 10.9 Å². The second-order valence-electron chi connectivity index (χ2n) is 4.70. The van der Waals surface area contributed by atoms with E-state index in [9.17, 15) is 8.42 Å². The minimum absolute atomic E-state index is 0.116. The molecule has 1 atom stereocenters. The third-order valence-electron chi connectivity index (χ3n) is 3.59. The van der Waals surface area contributed by atoms with Crippen LogP contribution in [0.25, 0.3) is 0 Å². The summed E-state index contributed by atoms with van der Waals surface area (Å²) in [5.74, 6) is 0. The molecule has 0 aliphatic carbocycles. The summed E-state index contributed by atoms with van der Waals surface area (Å²) >= 11 is 1.70. The molecule has 0 amide bonds. The van der Waals surface area contributed by atoms with Gasteiger partial charge in [-0.15, -0.1) is 11.3 Å². The molecular weight excluding hydrogens is 282 g/mol. The molecule has 0 aromatic carbocycles. The average Bonchev–Trinajstić information content (AvgIpc) is 2.97. The van der Waals surface area contributed by atoms with E-state index in [4.69, 9.17) is 0 Å². The van der Waals surface area contributed by atoms with Crippen molar-refractivity contribution in [2.24, 2.45) is 0 Å². The smallest absolute Gasteiger partial charge is 0.247 e. The number of aryl methyl sites for hydroxylation is 1. The van der Waals surface area contributed by atoms with Crippen LogP contribution >= 0.6 is 11.3 Å². The Morgan fingerprint density at radius 3 is 3.00 bits per heavy atom. The number of aromatic nitrogens is 2. The highest BCUT2D eigenvalue weighted by Crippen LogP contribution is 2.36. The van der Waals surface area contributed by atoms with Crippen LogP contribution in [0, 0.1) is 6.92 Å². The molecule has 0 radical (unpaired) electrons. The first-order valence-electron chi connectivity index (χ1n) is 6.10. The van der Waals surface area contributed by atoms with E-state index in [2.05, 4.69) is 10.2 Å². The maximum Gasteiger partial charge on any atom is 0.247 e. The van der Waals surface area contributed by atoms with Crippen molar-refractivity contribution in [3.8, 4) is 0 Å². The van der Waals surface area contributed by atoms with E-state index < -0.39 is 10.0 Å². The van der Waals surface area contributed by atoms with E-state index in [0.717, 1.165) is 12.0 Å². The van der Waals surface area contributed by atoms with Crippen LogP contribution in [0.5, 0.6) is 0 Å². The average molecular weight is 297 g/mol. The van der Waals surface area contributed by atoms with Gasteiger partial charge in [0, 0.05) is 17.5 Å². The quantitative estimate of drug-likeness (QED) is 0.923. The Kier molecular flexibility index (Phi) is 2.99. The minimum Gasteiger partial charge on any atom is -0.281 e. The number of nitrogens with one attached hydrogen (secondary N) is 1. The summed E-state index contributed by atoms with van der Waals surface area (Å²) in [6.45, 7) is 4.20. The zero-order valence-corrected chi connectivity index (χ0v) is 12.4. The number of sulfonamides is 1. The van der Waals surface area contributed by atoms with Gasteiger partial charge in [-0.1, -0.05) is 0 Å². The third kappa shape index (κ3) is 1.92. The van der Waals surface area contributed by atoms with Gasteiger partial charge in [0.1, 0.15) is 4.90 Å². The maximum absolute atomic E-state index is 12.7. The lowest BCUT2D eigenvalue weighted by molar-refractivity contribution is 0.329. The Hall–Kier alpha value is -1.18. The lowest BCUT2D eigenvalue weighted by Crippen LogP contribution is -2.38. The summed E-state index contributed by atoms with van der Waals surface area (Å²) in [5, 5.41) is 8.53. The molecule has 0 saturated carbocycles. The third-order valence-corrected chi connectivity index (χ3v) is 6.67. The summed E-state index contributed by atoms with van der Waals surface area (Å²) in [4.78, 5) is 1.57. The first kappa shape index (κ1) is 12.8. The lowest BCUT2D eigenvalue weighted by Gasteiger charge is -2.32. The SMILES string of the molecule is Cc1[nH]ncc1S(=O)(=O)N1CCc2sccc2C1C. The van der Waals surface area contributed by atoms with Crippen LogP contribution in [0.15, 0.2) is 22.5 Å². The van der Waals surface area contributed by atoms with Crippen molar-refractivity contribution in [2.45, 2.75) is 31.2 Å². The highest BCUT2D eigenvalue weighted by atomic mass is 32.2. The fourth-order valence-electron chi connectivity index (χ4n) is 2.54. The van der Waals surface area contributed by atoms with Crippen LogP contribution < -0.4 is 0 Å². The Morgan fingerprint density at radius 1 is 1.53 bits per heavy atom. The summed E-state index contributed by atoms with van der Waals surface area (Å²) in [6.07, 6.45) is 2.17. The number of fused-ring (bicyclic) bond motifs is 1. The molecule has 19 heavy (non-hydrogen) atoms. The minimum atomic E-state index is -3.47. The van der Waals surface area contributed by atoms with Crippen molar-refractivity contribution in [1.29, 1.82) is 0 Å². The fourth-order valence-corrected chi connectivity index (χ4v) is 5.24. The van der Waals surface area contributed by atoms with Crippen LogP contribution in [-0.4, -0.2) is 29.5 Å². The van der Waals surface area contributed by atoms with Gasteiger partial charge in [0.25, 0.3) is 0 Å². The van der Waals surface area contributed by atoms with Gasteiger partial charge in [0.2, 0.25) is 10.0 Å². The van der Waals surface area contributed by atoms with E-state index in [0.29, 0.717) is 12.2 Å². The van der Waals surface area contributed by atoms with Crippen molar-refractivity contribution in [3.05, 3.63) is 33.8 Å². The first-order valence-corrected chi connectivity index (χ1v) is 8.42. The highest BCUT2D eigenvalue weighted by molar-refractivity contribution is 7.89. The van der Waals surface area contributed by atoms with Crippen LogP contribution in [-0.2, 0) is 16.4 Å². The number of rotatable bonds is 2. The molecule has 3 heterocycles. The maximum atomic E-state index is 12.7. The summed E-state index contributed by atoms with van der Waals surface area (Å²) in [6, 6.07) is 1.91. The summed E-state index contributed by atoms with van der Waals surface area (Å²) < 4.78 is 26.9. The van der Waals surface area contributed by atoms with Crippen LogP contribution in [0.2, 0.25) is 0 Å². The number of nitrogens with zero attached hydrogens (tertiary/aromatic N) is 2. The highest BCUT2D eigenvalue weighted by Gasteiger charge is 2.35. The molecule has 0 saturated heterocycles. The largest absolute Gasteiger partial charge is 0.281 e. The molecule has 1 N–H and O–H groups in total. The Balaban J connectivity index is 2.03. The van der Waals surface area contributed by atoms with E-state index >= 15 is 0 Å². The van der Waals surface area contributed by atoms with Gasteiger partial charge in [-0.3, -0.25) is 5.10 Å². The molecule has 2 aromatic rings. The number of aromatic amines is 1. The van der Waals surface area contributed by atoms with Crippen LogP contribution in [0.1, 0.15) is 29.1 Å². The van der Waals surface area contributed by atoms with E-state index in [1.807, 2.05) is 18.4 Å². The second kappa shape index (κ2) is 4.43. The van der Waals surface area contributed by atoms with Gasteiger partial charge in [-0.05, 0) is 37.3 Å². The predicted molar refractivity (Wildman–Crippen MR) is 73.7 cm³/mol.